The molecule has 0 amide bonds. The van der Waals surface area contributed by atoms with Gasteiger partial charge in [0.05, 0.1) is 0 Å². The first-order valence-electron chi connectivity index (χ1n) is 4.85. The SMILES string of the molecule is O=C(F)C1(c2ccccc2)NOC=C1C(F)(F)F. The van der Waals surface area contributed by atoms with Crippen LogP contribution in [0.1, 0.15) is 5.56 Å². The summed E-state index contributed by atoms with van der Waals surface area (Å²) in [4.78, 5) is 15.4. The quantitative estimate of drug-likeness (QED) is 0.656. The smallest absolute Gasteiger partial charge is 0.414 e. The molecule has 96 valence electrons. The molecule has 1 aliphatic heterocycles. The largest absolute Gasteiger partial charge is 0.418 e. The highest BCUT2D eigenvalue weighted by Crippen LogP contribution is 2.43. The molecule has 1 aromatic rings. The molecular weight excluding hydrogens is 254 g/mol. The van der Waals surface area contributed by atoms with Gasteiger partial charge in [0.2, 0.25) is 5.54 Å². The normalized spacial score (nSPS) is 23.4. The summed E-state index contributed by atoms with van der Waals surface area (Å²) in [6, 6.07) is 4.56. The summed E-state index contributed by atoms with van der Waals surface area (Å²) in [6.45, 7) is 0. The van der Waals surface area contributed by atoms with Crippen molar-refractivity contribution in [3.63, 3.8) is 0 Å². The third kappa shape index (κ3) is 1.76. The zero-order valence-electron chi connectivity index (χ0n) is 8.79. The van der Waals surface area contributed by atoms with E-state index in [0.717, 1.165) is 0 Å². The van der Waals surface area contributed by atoms with Crippen molar-refractivity contribution in [2.24, 2.45) is 0 Å². The fourth-order valence-corrected chi connectivity index (χ4v) is 1.76. The second-order valence-electron chi connectivity index (χ2n) is 3.64. The third-order valence-corrected chi connectivity index (χ3v) is 2.60. The minimum absolute atomic E-state index is 0.182. The van der Waals surface area contributed by atoms with E-state index in [2.05, 4.69) is 4.84 Å². The number of benzene rings is 1. The van der Waals surface area contributed by atoms with Crippen LogP contribution in [0.15, 0.2) is 42.2 Å². The Morgan fingerprint density at radius 1 is 1.22 bits per heavy atom. The van der Waals surface area contributed by atoms with Crippen molar-refractivity contribution in [2.75, 3.05) is 0 Å². The zero-order chi connectivity index (χ0) is 13.4. The lowest BCUT2D eigenvalue weighted by atomic mass is 9.84. The molecule has 0 spiro atoms. The number of hydroxylamine groups is 1. The number of nitrogens with one attached hydrogen (secondary N) is 1. The van der Waals surface area contributed by atoms with E-state index in [4.69, 9.17) is 0 Å². The molecule has 1 heterocycles. The van der Waals surface area contributed by atoms with Crippen molar-refractivity contribution in [1.82, 2.24) is 5.48 Å². The average Bonchev–Trinajstić information content (AvgIpc) is 2.75. The predicted molar refractivity (Wildman–Crippen MR) is 52.6 cm³/mol. The molecule has 1 N–H and O–H groups in total. The molecule has 0 bridgehead atoms. The summed E-state index contributed by atoms with van der Waals surface area (Å²) in [5.74, 6) is 0. The molecule has 0 aliphatic carbocycles. The monoisotopic (exact) mass is 261 g/mol. The van der Waals surface area contributed by atoms with E-state index in [1.54, 1.807) is 5.48 Å². The lowest BCUT2D eigenvalue weighted by molar-refractivity contribution is -0.145. The lowest BCUT2D eigenvalue weighted by Gasteiger charge is -2.26. The first-order valence-corrected chi connectivity index (χ1v) is 4.85. The molecule has 0 radical (unpaired) electrons. The van der Waals surface area contributed by atoms with Crippen LogP contribution in [0.4, 0.5) is 17.6 Å². The first kappa shape index (κ1) is 12.6. The summed E-state index contributed by atoms with van der Waals surface area (Å²) in [5, 5.41) is 0. The Bertz CT molecular complexity index is 498. The van der Waals surface area contributed by atoms with E-state index in [9.17, 15) is 22.4 Å². The van der Waals surface area contributed by atoms with Gasteiger partial charge in [-0.3, -0.25) is 4.79 Å². The number of hydrogen-bond donors (Lipinski definition) is 1. The Labute approximate surface area is 99.0 Å². The van der Waals surface area contributed by atoms with Crippen LogP contribution in [0, 0.1) is 0 Å². The van der Waals surface area contributed by atoms with Gasteiger partial charge < -0.3 is 4.84 Å². The molecule has 2 rings (SSSR count). The van der Waals surface area contributed by atoms with Crippen LogP contribution in [0.3, 0.4) is 0 Å². The van der Waals surface area contributed by atoms with Gasteiger partial charge in [-0.25, -0.2) is 0 Å². The highest BCUT2D eigenvalue weighted by atomic mass is 19.4. The van der Waals surface area contributed by atoms with Crippen molar-refractivity contribution in [1.29, 1.82) is 0 Å². The molecule has 1 aromatic carbocycles. The van der Waals surface area contributed by atoms with Crippen molar-refractivity contribution in [3.05, 3.63) is 47.7 Å². The van der Waals surface area contributed by atoms with Crippen LogP contribution in [0.5, 0.6) is 0 Å². The molecular formula is C11H7F4NO2. The number of rotatable bonds is 2. The Hall–Kier alpha value is -1.89. The fraction of sp³-hybridized carbons (Fsp3) is 0.182. The van der Waals surface area contributed by atoms with Crippen molar-refractivity contribution >= 4 is 6.04 Å². The first-order chi connectivity index (χ1) is 8.39. The Kier molecular flexibility index (Phi) is 2.86. The van der Waals surface area contributed by atoms with Gasteiger partial charge in [-0.15, -0.1) is 5.48 Å². The number of carbonyl (C=O) groups excluding carboxylic acids is 1. The summed E-state index contributed by atoms with van der Waals surface area (Å²) in [6.07, 6.45) is -4.59. The summed E-state index contributed by atoms with van der Waals surface area (Å²) >= 11 is 0. The van der Waals surface area contributed by atoms with E-state index in [1.165, 1.54) is 30.3 Å². The maximum Gasteiger partial charge on any atom is 0.418 e. The number of carbonyl (C=O) groups is 1. The van der Waals surface area contributed by atoms with Crippen LogP contribution in [0.2, 0.25) is 0 Å². The number of alkyl halides is 3. The lowest BCUT2D eigenvalue weighted by Crippen LogP contribution is -2.48. The molecule has 7 heteroatoms. The van der Waals surface area contributed by atoms with Gasteiger partial charge in [-0.1, -0.05) is 30.3 Å². The summed E-state index contributed by atoms with van der Waals surface area (Å²) < 4.78 is 51.6. The average molecular weight is 261 g/mol. The maximum atomic E-state index is 13.2. The summed E-state index contributed by atoms with van der Waals surface area (Å²) in [5.41, 5.74) is -2.45. The topological polar surface area (TPSA) is 38.3 Å². The maximum absolute atomic E-state index is 13.2. The van der Waals surface area contributed by atoms with Crippen molar-refractivity contribution < 1.29 is 27.2 Å². The standard InChI is InChI=1S/C11H7F4NO2/c12-9(17)10(7-4-2-1-3-5-7)8(6-18-16-10)11(13,14)15/h1-6,16H. The van der Waals surface area contributed by atoms with Gasteiger partial charge in [0.25, 0.3) is 0 Å². The molecule has 1 aliphatic rings. The van der Waals surface area contributed by atoms with Crippen molar-refractivity contribution in [2.45, 2.75) is 11.7 Å². The van der Waals surface area contributed by atoms with E-state index < -0.39 is 23.3 Å². The Morgan fingerprint density at radius 3 is 2.33 bits per heavy atom. The molecule has 0 saturated carbocycles. The van der Waals surface area contributed by atoms with E-state index >= 15 is 0 Å². The molecule has 0 fully saturated rings. The van der Waals surface area contributed by atoms with Gasteiger partial charge in [-0.2, -0.15) is 17.6 Å². The molecule has 3 nitrogen and oxygen atoms in total. The molecule has 0 aromatic heterocycles. The molecule has 18 heavy (non-hydrogen) atoms. The van der Waals surface area contributed by atoms with Gasteiger partial charge >= 0.3 is 12.2 Å². The Balaban J connectivity index is 2.60. The van der Waals surface area contributed by atoms with Crippen LogP contribution < -0.4 is 5.48 Å². The highest BCUT2D eigenvalue weighted by molar-refractivity contribution is 5.86. The van der Waals surface area contributed by atoms with Crippen LogP contribution >= 0.6 is 0 Å². The van der Waals surface area contributed by atoms with Gasteiger partial charge in [0, 0.05) is 0 Å². The third-order valence-electron chi connectivity index (χ3n) is 2.60. The van der Waals surface area contributed by atoms with Crippen LogP contribution in [0.25, 0.3) is 0 Å². The second kappa shape index (κ2) is 4.09. The minimum Gasteiger partial charge on any atom is -0.414 e. The molecule has 1 atom stereocenters. The zero-order valence-corrected chi connectivity index (χ0v) is 8.79. The van der Waals surface area contributed by atoms with E-state index in [-0.39, 0.29) is 5.56 Å². The fourth-order valence-electron chi connectivity index (χ4n) is 1.76. The van der Waals surface area contributed by atoms with Crippen molar-refractivity contribution in [3.8, 4) is 0 Å². The van der Waals surface area contributed by atoms with Crippen LogP contribution in [-0.2, 0) is 15.2 Å². The van der Waals surface area contributed by atoms with Gasteiger partial charge in [-0.05, 0) is 5.56 Å². The van der Waals surface area contributed by atoms with Gasteiger partial charge in [0.1, 0.15) is 11.8 Å². The number of halogens is 4. The number of hydrogen-bond acceptors (Lipinski definition) is 3. The molecule has 0 saturated heterocycles. The van der Waals surface area contributed by atoms with Crippen LogP contribution in [-0.4, -0.2) is 12.2 Å². The van der Waals surface area contributed by atoms with E-state index in [0.29, 0.717) is 6.26 Å². The molecule has 1 unspecified atom stereocenters. The minimum atomic E-state index is -4.89. The predicted octanol–water partition coefficient (Wildman–Crippen LogP) is 2.36. The van der Waals surface area contributed by atoms with E-state index in [1.807, 2.05) is 0 Å². The Morgan fingerprint density at radius 2 is 1.83 bits per heavy atom. The highest BCUT2D eigenvalue weighted by Gasteiger charge is 2.58. The van der Waals surface area contributed by atoms with Gasteiger partial charge in [0.15, 0.2) is 0 Å². The summed E-state index contributed by atoms with van der Waals surface area (Å²) in [7, 11) is 0. The second-order valence-corrected chi connectivity index (χ2v) is 3.64.